The molecule has 0 saturated heterocycles. The number of thioether (sulfide) groups is 1. The molecule has 0 heterocycles. The van der Waals surface area contributed by atoms with E-state index in [0.29, 0.717) is 5.69 Å². The van der Waals surface area contributed by atoms with Crippen molar-refractivity contribution in [1.82, 2.24) is 0 Å². The Kier molecular flexibility index (Phi) is 7.63. The number of hydrogen-bond donors (Lipinski definition) is 3. The predicted molar refractivity (Wildman–Crippen MR) is 151 cm³/mol. The summed E-state index contributed by atoms with van der Waals surface area (Å²) in [6, 6.07) is 31.9. The van der Waals surface area contributed by atoms with Gasteiger partial charge >= 0.3 is 6.09 Å². The van der Waals surface area contributed by atoms with Gasteiger partial charge in [-0.2, -0.15) is 0 Å². The Hall–Kier alpha value is -3.94. The molecule has 6 nitrogen and oxygen atoms in total. The van der Waals surface area contributed by atoms with Crippen LogP contribution in [-0.4, -0.2) is 25.3 Å². The zero-order chi connectivity index (χ0) is 25.6. The molecule has 37 heavy (non-hydrogen) atoms. The van der Waals surface area contributed by atoms with E-state index in [1.807, 2.05) is 72.8 Å². The number of methoxy groups -OCH3 is 1. The van der Waals surface area contributed by atoms with Gasteiger partial charge in [-0.15, -0.1) is 11.8 Å². The molecule has 1 aliphatic carbocycles. The quantitative estimate of drug-likeness (QED) is 0.218. The maximum absolute atomic E-state index is 12.5. The highest BCUT2D eigenvalue weighted by molar-refractivity contribution is 7.99. The molecule has 0 saturated carbocycles. The van der Waals surface area contributed by atoms with E-state index in [1.54, 1.807) is 18.9 Å². The van der Waals surface area contributed by atoms with Gasteiger partial charge in [0.25, 0.3) is 0 Å². The van der Waals surface area contributed by atoms with E-state index in [2.05, 4.69) is 34.9 Å². The summed E-state index contributed by atoms with van der Waals surface area (Å²) in [6.07, 6.45) is -0.477. The summed E-state index contributed by atoms with van der Waals surface area (Å²) in [6.45, 7) is 0.278. The molecule has 0 bridgehead atoms. The Morgan fingerprint density at radius 3 is 2.08 bits per heavy atom. The summed E-state index contributed by atoms with van der Waals surface area (Å²) in [5.74, 6) is 1.64. The number of carbonyl (C=O) groups is 1. The molecule has 0 radical (unpaired) electrons. The van der Waals surface area contributed by atoms with Crippen molar-refractivity contribution in [1.29, 1.82) is 0 Å². The molecule has 0 fully saturated rings. The molecule has 1 amide bonds. The monoisotopic (exact) mass is 511 g/mol. The summed E-state index contributed by atoms with van der Waals surface area (Å²) in [5, 5.41) is 6.08. The first-order valence-corrected chi connectivity index (χ1v) is 13.1. The Morgan fingerprint density at radius 1 is 0.865 bits per heavy atom. The second-order valence-corrected chi connectivity index (χ2v) is 9.88. The van der Waals surface area contributed by atoms with Gasteiger partial charge in [-0.05, 0) is 64.2 Å². The summed E-state index contributed by atoms with van der Waals surface area (Å²) in [7, 11) is 1.65. The van der Waals surface area contributed by atoms with Crippen molar-refractivity contribution in [2.45, 2.75) is 17.2 Å². The second kappa shape index (κ2) is 11.4. The average molecular weight is 512 g/mol. The van der Waals surface area contributed by atoms with E-state index in [1.165, 1.54) is 27.8 Å². The van der Waals surface area contributed by atoms with E-state index in [9.17, 15) is 4.79 Å². The number of rotatable bonds is 9. The number of carbonyl (C=O) groups excluding carboxylic acids is 1. The van der Waals surface area contributed by atoms with Crippen molar-refractivity contribution in [3.8, 4) is 16.9 Å². The number of anilines is 2. The van der Waals surface area contributed by atoms with Gasteiger partial charge in [0.1, 0.15) is 17.9 Å². The number of ether oxygens (including phenoxy) is 2. The fourth-order valence-corrected chi connectivity index (χ4v) is 5.30. The van der Waals surface area contributed by atoms with Gasteiger partial charge < -0.3 is 20.5 Å². The van der Waals surface area contributed by atoms with Gasteiger partial charge in [-0.1, -0.05) is 60.7 Å². The van der Waals surface area contributed by atoms with Gasteiger partial charge in [-0.25, -0.2) is 4.79 Å². The van der Waals surface area contributed by atoms with Crippen LogP contribution in [0.4, 0.5) is 16.2 Å². The lowest BCUT2D eigenvalue weighted by molar-refractivity contribution is 0.158. The SMILES string of the molecule is COc1ccc(CSC(N)Nc2ccc(NC(=O)OCC3c4ccccc4-c4ccccc43)cc2)cc1. The van der Waals surface area contributed by atoms with Crippen LogP contribution in [0, 0.1) is 0 Å². The summed E-state index contributed by atoms with van der Waals surface area (Å²) < 4.78 is 10.8. The zero-order valence-corrected chi connectivity index (χ0v) is 21.3. The molecule has 4 aromatic carbocycles. The van der Waals surface area contributed by atoms with Crippen molar-refractivity contribution in [2.75, 3.05) is 24.4 Å². The van der Waals surface area contributed by atoms with Crippen LogP contribution in [-0.2, 0) is 10.5 Å². The van der Waals surface area contributed by atoms with E-state index < -0.39 is 6.09 Å². The van der Waals surface area contributed by atoms with Crippen molar-refractivity contribution in [3.63, 3.8) is 0 Å². The highest BCUT2D eigenvalue weighted by atomic mass is 32.2. The fraction of sp³-hybridized carbons (Fsp3) is 0.167. The van der Waals surface area contributed by atoms with E-state index >= 15 is 0 Å². The third kappa shape index (κ3) is 5.90. The van der Waals surface area contributed by atoms with Gasteiger partial charge in [0, 0.05) is 23.0 Å². The van der Waals surface area contributed by atoms with Crippen LogP contribution in [0.25, 0.3) is 11.1 Å². The molecule has 0 aliphatic heterocycles. The molecule has 188 valence electrons. The molecular weight excluding hydrogens is 482 g/mol. The van der Waals surface area contributed by atoms with Crippen molar-refractivity contribution in [2.24, 2.45) is 5.73 Å². The minimum atomic E-state index is -0.477. The number of nitrogens with two attached hydrogens (primary N) is 1. The number of hydrogen-bond acceptors (Lipinski definition) is 6. The second-order valence-electron chi connectivity index (χ2n) is 8.75. The van der Waals surface area contributed by atoms with Crippen molar-refractivity contribution < 1.29 is 14.3 Å². The molecule has 1 unspecified atom stereocenters. The van der Waals surface area contributed by atoms with Crippen LogP contribution in [0.3, 0.4) is 0 Å². The first-order chi connectivity index (χ1) is 18.1. The van der Waals surface area contributed by atoms with E-state index in [4.69, 9.17) is 15.2 Å². The Morgan fingerprint density at radius 2 is 1.46 bits per heavy atom. The lowest BCUT2D eigenvalue weighted by atomic mass is 9.98. The Balaban J connectivity index is 1.11. The van der Waals surface area contributed by atoms with Gasteiger partial charge in [0.2, 0.25) is 0 Å². The molecule has 7 heteroatoms. The van der Waals surface area contributed by atoms with Crippen LogP contribution in [0.1, 0.15) is 22.6 Å². The largest absolute Gasteiger partial charge is 0.497 e. The maximum atomic E-state index is 12.5. The Bertz CT molecular complexity index is 1310. The highest BCUT2D eigenvalue weighted by Crippen LogP contribution is 2.44. The van der Waals surface area contributed by atoms with Gasteiger partial charge in [-0.3, -0.25) is 5.32 Å². The third-order valence-electron chi connectivity index (χ3n) is 6.37. The van der Waals surface area contributed by atoms with Crippen molar-refractivity contribution in [3.05, 3.63) is 114 Å². The maximum Gasteiger partial charge on any atom is 0.411 e. The smallest absolute Gasteiger partial charge is 0.411 e. The zero-order valence-electron chi connectivity index (χ0n) is 20.5. The lowest BCUT2D eigenvalue weighted by Crippen LogP contribution is -2.25. The molecular formula is C30H29N3O3S. The molecule has 5 rings (SSSR count). The van der Waals surface area contributed by atoms with Gasteiger partial charge in [0.05, 0.1) is 7.11 Å². The number of benzene rings is 4. The van der Waals surface area contributed by atoms with E-state index in [-0.39, 0.29) is 18.0 Å². The average Bonchev–Trinajstić information content (AvgIpc) is 3.26. The number of nitrogens with one attached hydrogen (secondary N) is 2. The minimum Gasteiger partial charge on any atom is -0.497 e. The standard InChI is InChI=1S/C30H29N3O3S/c1-35-23-16-10-20(11-17-23)19-37-29(31)32-21-12-14-22(15-13-21)33-30(34)36-18-28-26-8-4-2-6-24(26)25-7-3-5-9-27(25)28/h2-17,28-29,32H,18-19,31H2,1H3,(H,33,34). The molecule has 1 aliphatic rings. The van der Waals surface area contributed by atoms with Crippen LogP contribution in [0.15, 0.2) is 97.1 Å². The summed E-state index contributed by atoms with van der Waals surface area (Å²) in [5.41, 5.74) is 13.4. The molecule has 4 N–H and O–H groups in total. The van der Waals surface area contributed by atoms with Crippen LogP contribution < -0.4 is 21.1 Å². The van der Waals surface area contributed by atoms with Gasteiger partial charge in [0.15, 0.2) is 0 Å². The highest BCUT2D eigenvalue weighted by Gasteiger charge is 2.29. The summed E-state index contributed by atoms with van der Waals surface area (Å²) in [4.78, 5) is 12.5. The third-order valence-corrected chi connectivity index (χ3v) is 7.35. The normalized spacial score (nSPS) is 12.8. The molecule has 4 aromatic rings. The minimum absolute atomic E-state index is 0.0293. The summed E-state index contributed by atoms with van der Waals surface area (Å²) >= 11 is 1.60. The topological polar surface area (TPSA) is 85.6 Å². The molecule has 1 atom stereocenters. The number of fused-ring (bicyclic) bond motifs is 3. The van der Waals surface area contributed by atoms with Crippen molar-refractivity contribution >= 4 is 29.2 Å². The predicted octanol–water partition coefficient (Wildman–Crippen LogP) is 6.64. The van der Waals surface area contributed by atoms with E-state index in [0.717, 1.165) is 17.2 Å². The first kappa shape index (κ1) is 24.7. The van der Waals surface area contributed by atoms with Crippen LogP contribution >= 0.6 is 11.8 Å². The first-order valence-electron chi connectivity index (χ1n) is 12.1. The number of amides is 1. The van der Waals surface area contributed by atoms with Crippen LogP contribution in [0.2, 0.25) is 0 Å². The Labute approximate surface area is 221 Å². The molecule has 0 aromatic heterocycles. The molecule has 0 spiro atoms. The fourth-order valence-electron chi connectivity index (χ4n) is 4.52. The van der Waals surface area contributed by atoms with Crippen LogP contribution in [0.5, 0.6) is 5.75 Å². The lowest BCUT2D eigenvalue weighted by Gasteiger charge is -2.16.